The minimum atomic E-state index is 0.489. The van der Waals surface area contributed by atoms with Crippen molar-refractivity contribution >= 4 is 28.1 Å². The van der Waals surface area contributed by atoms with E-state index in [1.54, 1.807) is 0 Å². The molecule has 0 spiro atoms. The van der Waals surface area contributed by atoms with Crippen LogP contribution in [0, 0.1) is 0 Å². The van der Waals surface area contributed by atoms with Crippen molar-refractivity contribution in [2.75, 3.05) is 5.32 Å². The summed E-state index contributed by atoms with van der Waals surface area (Å²) >= 11 is 0. The van der Waals surface area contributed by atoms with Gasteiger partial charge in [0, 0.05) is 13.1 Å². The Bertz CT molecular complexity index is 1070. The van der Waals surface area contributed by atoms with Gasteiger partial charge in [-0.1, -0.05) is 31.4 Å². The smallest absolute Gasteiger partial charge is 0.295 e. The molecule has 0 saturated heterocycles. The molecule has 1 N–H and O–H groups in total. The lowest BCUT2D eigenvalue weighted by molar-refractivity contribution is 0.451. The van der Waals surface area contributed by atoms with Crippen LogP contribution in [0.15, 0.2) is 47.1 Å². The van der Waals surface area contributed by atoms with Crippen molar-refractivity contribution in [1.82, 2.24) is 14.5 Å². The molecule has 0 atom stereocenters. The van der Waals surface area contributed by atoms with E-state index < -0.39 is 0 Å². The lowest BCUT2D eigenvalue weighted by Gasteiger charge is -2.21. The summed E-state index contributed by atoms with van der Waals surface area (Å²) in [6.07, 6.45) is 8.17. The summed E-state index contributed by atoms with van der Waals surface area (Å²) in [5, 5.41) is 3.47. The number of benzene rings is 2. The predicted molar refractivity (Wildman–Crippen MR) is 104 cm³/mol. The van der Waals surface area contributed by atoms with Crippen molar-refractivity contribution in [3.63, 3.8) is 0 Å². The molecule has 0 amide bonds. The van der Waals surface area contributed by atoms with Crippen LogP contribution in [0.25, 0.3) is 33.3 Å². The fraction of sp³-hybridized carbons (Fsp3) is 0.333. The summed E-state index contributed by atoms with van der Waals surface area (Å²) in [5.41, 5.74) is 6.12. The second kappa shape index (κ2) is 6.16. The van der Waals surface area contributed by atoms with Crippen molar-refractivity contribution in [2.45, 2.75) is 38.1 Å². The Hall–Kier alpha value is -2.82. The fourth-order valence-electron chi connectivity index (χ4n) is 3.91. The quantitative estimate of drug-likeness (QED) is 0.559. The van der Waals surface area contributed by atoms with Gasteiger partial charge in [-0.25, -0.2) is 4.98 Å². The van der Waals surface area contributed by atoms with Gasteiger partial charge in [0.15, 0.2) is 5.58 Å². The van der Waals surface area contributed by atoms with Gasteiger partial charge in [-0.05, 0) is 48.2 Å². The van der Waals surface area contributed by atoms with Crippen LogP contribution in [0.1, 0.15) is 32.1 Å². The molecular weight excluding hydrogens is 324 g/mol. The van der Waals surface area contributed by atoms with Gasteiger partial charge in [-0.3, -0.25) is 0 Å². The summed E-state index contributed by atoms with van der Waals surface area (Å²) < 4.78 is 7.93. The number of hydrogen-bond acceptors (Lipinski definition) is 4. The van der Waals surface area contributed by atoms with Crippen molar-refractivity contribution in [1.29, 1.82) is 0 Å². The Morgan fingerprint density at radius 3 is 2.62 bits per heavy atom. The number of fused-ring (bicyclic) bond motifs is 2. The predicted octanol–water partition coefficient (Wildman–Crippen LogP) is 5.13. The first-order chi connectivity index (χ1) is 12.8. The highest BCUT2D eigenvalue weighted by molar-refractivity contribution is 5.86. The van der Waals surface area contributed by atoms with Gasteiger partial charge in [0.05, 0.1) is 17.4 Å². The first-order valence-electron chi connectivity index (χ1n) is 9.35. The minimum absolute atomic E-state index is 0.489. The molecule has 1 aliphatic rings. The van der Waals surface area contributed by atoms with Crippen LogP contribution in [0.5, 0.6) is 0 Å². The third-order valence-electron chi connectivity index (χ3n) is 5.38. The SMILES string of the molecule is Cn1cnc2cc(-c3ccc4oc(NC5CCCCC5)nc4c3)ccc21. The molecule has 1 aliphatic carbocycles. The topological polar surface area (TPSA) is 55.9 Å². The second-order valence-corrected chi connectivity index (χ2v) is 7.24. The van der Waals surface area contributed by atoms with Gasteiger partial charge in [-0.15, -0.1) is 0 Å². The molecule has 2 heterocycles. The molecule has 1 fully saturated rings. The number of hydrogen-bond donors (Lipinski definition) is 1. The van der Waals surface area contributed by atoms with Crippen molar-refractivity contribution in [2.24, 2.45) is 7.05 Å². The van der Waals surface area contributed by atoms with Gasteiger partial charge in [0.2, 0.25) is 0 Å². The Morgan fingerprint density at radius 2 is 1.77 bits per heavy atom. The lowest BCUT2D eigenvalue weighted by Crippen LogP contribution is -2.22. The summed E-state index contributed by atoms with van der Waals surface area (Å²) in [5.74, 6) is 0. The van der Waals surface area contributed by atoms with Crippen LogP contribution in [0.3, 0.4) is 0 Å². The van der Waals surface area contributed by atoms with Crippen LogP contribution in [-0.4, -0.2) is 20.6 Å². The number of aryl methyl sites for hydroxylation is 1. The highest BCUT2D eigenvalue weighted by Crippen LogP contribution is 2.29. The molecular formula is C21H22N4O. The van der Waals surface area contributed by atoms with E-state index in [9.17, 15) is 0 Å². The van der Waals surface area contributed by atoms with Gasteiger partial charge in [0.1, 0.15) is 5.52 Å². The number of oxazole rings is 1. The molecule has 5 nitrogen and oxygen atoms in total. The number of rotatable bonds is 3. The summed E-state index contributed by atoms with van der Waals surface area (Å²) in [6, 6.07) is 13.7. The highest BCUT2D eigenvalue weighted by atomic mass is 16.4. The van der Waals surface area contributed by atoms with Gasteiger partial charge in [0.25, 0.3) is 6.01 Å². The van der Waals surface area contributed by atoms with E-state index >= 15 is 0 Å². The van der Waals surface area contributed by atoms with Crippen LogP contribution in [-0.2, 0) is 7.05 Å². The molecule has 0 radical (unpaired) electrons. The van der Waals surface area contributed by atoms with Gasteiger partial charge < -0.3 is 14.3 Å². The molecule has 4 aromatic rings. The molecule has 1 saturated carbocycles. The van der Waals surface area contributed by atoms with Crippen LogP contribution < -0.4 is 5.32 Å². The monoisotopic (exact) mass is 346 g/mol. The number of nitrogens with one attached hydrogen (secondary N) is 1. The largest absolute Gasteiger partial charge is 0.424 e. The first-order valence-corrected chi connectivity index (χ1v) is 9.35. The molecule has 132 valence electrons. The molecule has 0 bridgehead atoms. The number of nitrogens with zero attached hydrogens (tertiary/aromatic N) is 3. The van der Waals surface area contributed by atoms with E-state index in [-0.39, 0.29) is 0 Å². The Kier molecular flexibility index (Phi) is 3.66. The number of aromatic nitrogens is 3. The molecule has 0 aliphatic heterocycles. The average Bonchev–Trinajstić information content (AvgIpc) is 3.24. The summed E-state index contributed by atoms with van der Waals surface area (Å²) in [4.78, 5) is 9.12. The minimum Gasteiger partial charge on any atom is -0.424 e. The molecule has 2 aromatic heterocycles. The van der Waals surface area contributed by atoms with E-state index in [0.717, 1.165) is 33.3 Å². The fourth-order valence-corrected chi connectivity index (χ4v) is 3.91. The third kappa shape index (κ3) is 2.73. The lowest BCUT2D eigenvalue weighted by atomic mass is 9.96. The molecule has 0 unspecified atom stereocenters. The second-order valence-electron chi connectivity index (χ2n) is 7.24. The Morgan fingerprint density at radius 1 is 1.00 bits per heavy atom. The van der Waals surface area contributed by atoms with Gasteiger partial charge in [-0.2, -0.15) is 4.98 Å². The normalized spacial score (nSPS) is 15.7. The first kappa shape index (κ1) is 15.4. The van der Waals surface area contributed by atoms with E-state index in [1.165, 1.54) is 32.1 Å². The van der Waals surface area contributed by atoms with Crippen molar-refractivity contribution in [3.8, 4) is 11.1 Å². The zero-order valence-electron chi connectivity index (χ0n) is 14.9. The third-order valence-corrected chi connectivity index (χ3v) is 5.38. The molecule has 26 heavy (non-hydrogen) atoms. The van der Waals surface area contributed by atoms with Crippen molar-refractivity contribution in [3.05, 3.63) is 42.7 Å². The molecule has 5 heteroatoms. The van der Waals surface area contributed by atoms with Crippen LogP contribution in [0.2, 0.25) is 0 Å². The van der Waals surface area contributed by atoms with Crippen molar-refractivity contribution < 1.29 is 4.42 Å². The molecule has 2 aromatic carbocycles. The molecule has 5 rings (SSSR count). The van der Waals surface area contributed by atoms with E-state index in [4.69, 9.17) is 4.42 Å². The zero-order chi connectivity index (χ0) is 17.5. The Balaban J connectivity index is 1.46. The van der Waals surface area contributed by atoms with E-state index in [0.29, 0.717) is 12.1 Å². The maximum atomic E-state index is 5.90. The van der Waals surface area contributed by atoms with E-state index in [1.807, 2.05) is 24.0 Å². The Labute approximate surface area is 152 Å². The maximum Gasteiger partial charge on any atom is 0.295 e. The maximum absolute atomic E-state index is 5.90. The van der Waals surface area contributed by atoms with Crippen LogP contribution in [0.4, 0.5) is 6.01 Å². The summed E-state index contributed by atoms with van der Waals surface area (Å²) in [6.45, 7) is 0. The zero-order valence-corrected chi connectivity index (χ0v) is 14.9. The standard InChI is InChI=1S/C21H22N4O/c1-25-13-22-17-11-14(7-9-19(17)25)15-8-10-20-18(12-15)24-21(26-20)23-16-5-3-2-4-6-16/h7-13,16H,2-6H2,1H3,(H,23,24). The average molecular weight is 346 g/mol. The van der Waals surface area contributed by atoms with Gasteiger partial charge >= 0.3 is 0 Å². The van der Waals surface area contributed by atoms with Crippen LogP contribution >= 0.6 is 0 Å². The summed E-state index contributed by atoms with van der Waals surface area (Å²) in [7, 11) is 2.01. The van der Waals surface area contributed by atoms with E-state index in [2.05, 4.69) is 45.6 Å². The highest BCUT2D eigenvalue weighted by Gasteiger charge is 2.16. The number of anilines is 1. The number of imidazole rings is 1.